The first-order chi connectivity index (χ1) is 15.0. The highest BCUT2D eigenvalue weighted by Gasteiger charge is 2.40. The molecule has 0 bridgehead atoms. The summed E-state index contributed by atoms with van der Waals surface area (Å²) in [5.41, 5.74) is 2.47. The minimum atomic E-state index is -0.0443. The highest BCUT2D eigenvalue weighted by Crippen LogP contribution is 2.47. The summed E-state index contributed by atoms with van der Waals surface area (Å²) in [5.74, 6) is 2.21. The van der Waals surface area contributed by atoms with Crippen LogP contribution in [-0.4, -0.2) is 44.7 Å². The Labute approximate surface area is 182 Å². The Bertz CT molecular complexity index is 1190. The standard InChI is InChI=1S/C25H28N2O4/c1-14(28)26-25-21-6-5-9-27(21)13-20-19-12-23(31-4)22(30-3)11-18(19)17-10-15(29-2)7-8-16(17)24(20)25/h7-8,10-12,21,25H,5-6,9,13H2,1-4H3,(H,26,28)/t21-,25+/m1/s1. The second-order valence-electron chi connectivity index (χ2n) is 8.41. The van der Waals surface area contributed by atoms with Gasteiger partial charge in [0.1, 0.15) is 5.75 Å². The van der Waals surface area contributed by atoms with E-state index in [2.05, 4.69) is 34.5 Å². The van der Waals surface area contributed by atoms with Crippen LogP contribution in [0.15, 0.2) is 30.3 Å². The number of fused-ring (bicyclic) bond motifs is 7. The van der Waals surface area contributed by atoms with Crippen LogP contribution in [0, 0.1) is 0 Å². The predicted octanol–water partition coefficient (Wildman–Crippen LogP) is 4.17. The lowest BCUT2D eigenvalue weighted by Crippen LogP contribution is -2.46. The lowest BCUT2D eigenvalue weighted by atomic mass is 9.82. The minimum Gasteiger partial charge on any atom is -0.497 e. The fourth-order valence-electron chi connectivity index (χ4n) is 5.50. The maximum absolute atomic E-state index is 12.2. The van der Waals surface area contributed by atoms with Gasteiger partial charge in [-0.05, 0) is 76.3 Å². The molecule has 3 aromatic rings. The fraction of sp³-hybridized carbons (Fsp3) is 0.400. The first kappa shape index (κ1) is 19.9. The van der Waals surface area contributed by atoms with Crippen LogP contribution in [0.1, 0.15) is 36.9 Å². The second-order valence-corrected chi connectivity index (χ2v) is 8.41. The molecule has 162 valence electrons. The van der Waals surface area contributed by atoms with Gasteiger partial charge in [-0.3, -0.25) is 9.69 Å². The Morgan fingerprint density at radius 1 is 0.968 bits per heavy atom. The molecule has 1 saturated heterocycles. The van der Waals surface area contributed by atoms with Gasteiger partial charge in [0.25, 0.3) is 0 Å². The third-order valence-electron chi connectivity index (χ3n) is 6.81. The Kier molecular flexibility index (Phi) is 4.89. The summed E-state index contributed by atoms with van der Waals surface area (Å²) >= 11 is 0. The molecule has 2 atom stereocenters. The monoisotopic (exact) mass is 420 g/mol. The van der Waals surface area contributed by atoms with E-state index in [0.717, 1.165) is 53.2 Å². The summed E-state index contributed by atoms with van der Waals surface area (Å²) in [6, 6.07) is 10.6. The SMILES string of the molecule is COc1ccc2c3c(c4cc(OC)c(OC)cc4c2c1)CN1CCC[C@@H]1[C@@H]3NC(C)=O. The van der Waals surface area contributed by atoms with Gasteiger partial charge in [-0.15, -0.1) is 0 Å². The summed E-state index contributed by atoms with van der Waals surface area (Å²) in [5, 5.41) is 7.76. The third-order valence-corrected chi connectivity index (χ3v) is 6.81. The van der Waals surface area contributed by atoms with Crippen molar-refractivity contribution in [3.8, 4) is 17.2 Å². The van der Waals surface area contributed by atoms with Crippen molar-refractivity contribution >= 4 is 27.5 Å². The van der Waals surface area contributed by atoms with E-state index in [4.69, 9.17) is 14.2 Å². The van der Waals surface area contributed by atoms with Gasteiger partial charge in [0.05, 0.1) is 27.4 Å². The van der Waals surface area contributed by atoms with Crippen molar-refractivity contribution < 1.29 is 19.0 Å². The van der Waals surface area contributed by atoms with Crippen molar-refractivity contribution in [2.75, 3.05) is 27.9 Å². The molecule has 0 aromatic heterocycles. The van der Waals surface area contributed by atoms with Gasteiger partial charge in [0.15, 0.2) is 11.5 Å². The Hall–Kier alpha value is -2.99. The molecular formula is C25H28N2O4. The van der Waals surface area contributed by atoms with Crippen molar-refractivity contribution in [2.45, 2.75) is 38.4 Å². The molecule has 31 heavy (non-hydrogen) atoms. The van der Waals surface area contributed by atoms with Gasteiger partial charge in [0.2, 0.25) is 5.91 Å². The zero-order valence-electron chi connectivity index (χ0n) is 18.5. The number of hydrogen-bond acceptors (Lipinski definition) is 5. The van der Waals surface area contributed by atoms with Crippen LogP contribution in [0.4, 0.5) is 0 Å². The average molecular weight is 421 g/mol. The van der Waals surface area contributed by atoms with E-state index in [0.29, 0.717) is 17.5 Å². The number of nitrogens with zero attached hydrogens (tertiary/aromatic N) is 1. The molecule has 0 radical (unpaired) electrons. The molecule has 0 saturated carbocycles. The molecule has 3 aromatic carbocycles. The topological polar surface area (TPSA) is 60.0 Å². The highest BCUT2D eigenvalue weighted by atomic mass is 16.5. The van der Waals surface area contributed by atoms with Crippen LogP contribution in [0.25, 0.3) is 21.5 Å². The van der Waals surface area contributed by atoms with E-state index in [-0.39, 0.29) is 11.9 Å². The maximum atomic E-state index is 12.2. The minimum absolute atomic E-state index is 0.00114. The largest absolute Gasteiger partial charge is 0.497 e. The number of benzene rings is 3. The normalized spacial score (nSPS) is 20.4. The Morgan fingerprint density at radius 2 is 1.68 bits per heavy atom. The molecule has 0 spiro atoms. The number of nitrogens with one attached hydrogen (secondary N) is 1. The zero-order chi connectivity index (χ0) is 21.7. The van der Waals surface area contributed by atoms with E-state index in [1.54, 1.807) is 28.3 Å². The van der Waals surface area contributed by atoms with Crippen molar-refractivity contribution in [2.24, 2.45) is 0 Å². The van der Waals surface area contributed by atoms with Gasteiger partial charge in [-0.2, -0.15) is 0 Å². The van der Waals surface area contributed by atoms with Crippen LogP contribution >= 0.6 is 0 Å². The van der Waals surface area contributed by atoms with Gasteiger partial charge in [0, 0.05) is 19.5 Å². The van der Waals surface area contributed by atoms with Crippen LogP contribution in [-0.2, 0) is 11.3 Å². The van der Waals surface area contributed by atoms with Gasteiger partial charge >= 0.3 is 0 Å². The molecule has 2 aliphatic rings. The Balaban J connectivity index is 1.90. The molecule has 2 aliphatic heterocycles. The smallest absolute Gasteiger partial charge is 0.217 e. The quantitative estimate of drug-likeness (QED) is 0.642. The van der Waals surface area contributed by atoms with Crippen molar-refractivity contribution in [3.63, 3.8) is 0 Å². The van der Waals surface area contributed by atoms with Crippen molar-refractivity contribution in [3.05, 3.63) is 41.5 Å². The number of amides is 1. The van der Waals surface area contributed by atoms with Gasteiger partial charge in [-0.25, -0.2) is 0 Å². The van der Waals surface area contributed by atoms with Crippen LogP contribution < -0.4 is 19.5 Å². The molecule has 6 heteroatoms. The maximum Gasteiger partial charge on any atom is 0.217 e. The second kappa shape index (κ2) is 7.61. The summed E-state index contributed by atoms with van der Waals surface area (Å²) in [4.78, 5) is 14.7. The zero-order valence-corrected chi connectivity index (χ0v) is 18.5. The van der Waals surface area contributed by atoms with E-state index < -0.39 is 0 Å². The molecule has 1 amide bonds. The molecule has 0 aliphatic carbocycles. The lowest BCUT2D eigenvalue weighted by molar-refractivity contribution is -0.120. The molecule has 2 heterocycles. The summed E-state index contributed by atoms with van der Waals surface area (Å²) in [7, 11) is 5.01. The predicted molar refractivity (Wildman–Crippen MR) is 121 cm³/mol. The average Bonchev–Trinajstić information content (AvgIpc) is 3.26. The van der Waals surface area contributed by atoms with Gasteiger partial charge < -0.3 is 19.5 Å². The number of hydrogen-bond donors (Lipinski definition) is 1. The van der Waals surface area contributed by atoms with Crippen molar-refractivity contribution in [1.29, 1.82) is 0 Å². The van der Waals surface area contributed by atoms with Crippen molar-refractivity contribution in [1.82, 2.24) is 10.2 Å². The molecule has 5 rings (SSSR count). The number of carbonyl (C=O) groups is 1. The van der Waals surface area contributed by atoms with E-state index in [1.807, 2.05) is 6.07 Å². The van der Waals surface area contributed by atoms with E-state index in [1.165, 1.54) is 11.1 Å². The third kappa shape index (κ3) is 3.08. The summed E-state index contributed by atoms with van der Waals surface area (Å²) < 4.78 is 16.8. The number of carbonyl (C=O) groups excluding carboxylic acids is 1. The fourth-order valence-corrected chi connectivity index (χ4v) is 5.50. The van der Waals surface area contributed by atoms with Crippen LogP contribution in [0.3, 0.4) is 0 Å². The first-order valence-electron chi connectivity index (χ1n) is 10.7. The van der Waals surface area contributed by atoms with Crippen LogP contribution in [0.2, 0.25) is 0 Å². The summed E-state index contributed by atoms with van der Waals surface area (Å²) in [6.45, 7) is 3.52. The first-order valence-corrected chi connectivity index (χ1v) is 10.7. The molecule has 1 fully saturated rings. The van der Waals surface area contributed by atoms with Crippen LogP contribution in [0.5, 0.6) is 17.2 Å². The number of ether oxygens (including phenoxy) is 3. The number of methoxy groups -OCH3 is 3. The molecule has 0 unspecified atom stereocenters. The van der Waals surface area contributed by atoms with E-state index in [9.17, 15) is 4.79 Å². The molecular weight excluding hydrogens is 392 g/mol. The molecule has 6 nitrogen and oxygen atoms in total. The Morgan fingerprint density at radius 3 is 2.35 bits per heavy atom. The molecule has 1 N–H and O–H groups in total. The highest BCUT2D eigenvalue weighted by molar-refractivity contribution is 6.12. The van der Waals surface area contributed by atoms with E-state index >= 15 is 0 Å². The summed E-state index contributed by atoms with van der Waals surface area (Å²) in [6.07, 6.45) is 2.24. The lowest BCUT2D eigenvalue weighted by Gasteiger charge is -2.40. The van der Waals surface area contributed by atoms with Gasteiger partial charge in [-0.1, -0.05) is 6.07 Å². The number of rotatable bonds is 4.